The van der Waals surface area contributed by atoms with Crippen molar-refractivity contribution in [1.82, 2.24) is 10.4 Å². The van der Waals surface area contributed by atoms with E-state index < -0.39 is 5.82 Å². The van der Waals surface area contributed by atoms with Gasteiger partial charge in [-0.2, -0.15) is 0 Å². The van der Waals surface area contributed by atoms with Crippen molar-refractivity contribution in [3.63, 3.8) is 0 Å². The molecule has 0 unspecified atom stereocenters. The Hall–Kier alpha value is -1.90. The molecule has 4 nitrogen and oxygen atoms in total. The van der Waals surface area contributed by atoms with Gasteiger partial charge >= 0.3 is 0 Å². The molecule has 0 aliphatic carbocycles. The van der Waals surface area contributed by atoms with Gasteiger partial charge in [-0.25, -0.2) is 9.40 Å². The summed E-state index contributed by atoms with van der Waals surface area (Å²) in [7, 11) is 3.33. The molecule has 0 atom stereocenters. The molecule has 0 aromatic heterocycles. The van der Waals surface area contributed by atoms with Crippen molar-refractivity contribution in [3.05, 3.63) is 35.1 Å². The molecular formula is C12H13FN2O2. The minimum atomic E-state index is -0.478. The monoisotopic (exact) mass is 236 g/mol. The van der Waals surface area contributed by atoms with Crippen molar-refractivity contribution in [2.75, 3.05) is 20.7 Å². The molecule has 0 saturated carbocycles. The number of hydrogen-bond donors (Lipinski definition) is 2. The number of benzene rings is 1. The van der Waals surface area contributed by atoms with E-state index in [1.165, 1.54) is 17.1 Å². The van der Waals surface area contributed by atoms with Gasteiger partial charge in [-0.15, -0.1) is 0 Å². The number of hydrazine groups is 1. The van der Waals surface area contributed by atoms with E-state index >= 15 is 0 Å². The highest BCUT2D eigenvalue weighted by Crippen LogP contribution is 2.10. The third-order valence-corrected chi connectivity index (χ3v) is 1.85. The molecule has 1 aromatic rings. The summed E-state index contributed by atoms with van der Waals surface area (Å²) in [6.07, 6.45) is 0. The number of aliphatic hydroxyl groups excluding tert-OH is 1. The van der Waals surface area contributed by atoms with E-state index in [2.05, 4.69) is 17.3 Å². The van der Waals surface area contributed by atoms with Crippen LogP contribution in [0.2, 0.25) is 0 Å². The molecule has 0 aliphatic rings. The summed E-state index contributed by atoms with van der Waals surface area (Å²) in [6.45, 7) is -0.342. The maximum atomic E-state index is 13.0. The maximum absolute atomic E-state index is 13.0. The predicted octanol–water partition coefficient (Wildman–Crippen LogP) is 0.376. The van der Waals surface area contributed by atoms with Crippen molar-refractivity contribution in [2.45, 2.75) is 0 Å². The lowest BCUT2D eigenvalue weighted by Gasteiger charge is -2.12. The summed E-state index contributed by atoms with van der Waals surface area (Å²) < 4.78 is 13.0. The highest BCUT2D eigenvalue weighted by Gasteiger charge is 2.11. The van der Waals surface area contributed by atoms with Gasteiger partial charge in [0.25, 0.3) is 5.91 Å². The average molecular weight is 236 g/mol. The topological polar surface area (TPSA) is 52.6 Å². The SMILES string of the molecule is CN(C)NC(=O)c1ccc(F)cc1C#CCO. The van der Waals surface area contributed by atoms with Gasteiger partial charge in [0.05, 0.1) is 5.56 Å². The third kappa shape index (κ3) is 3.87. The third-order valence-electron chi connectivity index (χ3n) is 1.85. The highest BCUT2D eigenvalue weighted by atomic mass is 19.1. The number of aliphatic hydroxyl groups is 1. The predicted molar refractivity (Wildman–Crippen MR) is 61.5 cm³/mol. The highest BCUT2D eigenvalue weighted by molar-refractivity contribution is 5.96. The number of nitrogens with zero attached hydrogens (tertiary/aromatic N) is 1. The van der Waals surface area contributed by atoms with Crippen molar-refractivity contribution >= 4 is 5.91 Å². The van der Waals surface area contributed by atoms with Gasteiger partial charge in [0.2, 0.25) is 0 Å². The number of carbonyl (C=O) groups is 1. The lowest BCUT2D eigenvalue weighted by molar-refractivity contribution is 0.0856. The standard InChI is InChI=1S/C12H13FN2O2/c1-15(2)14-12(17)11-6-5-10(13)8-9(11)4-3-7-16/h5-6,8,16H,7H2,1-2H3,(H,14,17). The van der Waals surface area contributed by atoms with Crippen LogP contribution >= 0.6 is 0 Å². The lowest BCUT2D eigenvalue weighted by Crippen LogP contribution is -2.36. The molecule has 0 aliphatic heterocycles. The molecule has 1 amide bonds. The van der Waals surface area contributed by atoms with Crippen LogP contribution in [0.5, 0.6) is 0 Å². The van der Waals surface area contributed by atoms with Gasteiger partial charge in [0.1, 0.15) is 12.4 Å². The zero-order valence-electron chi connectivity index (χ0n) is 9.62. The molecular weight excluding hydrogens is 223 g/mol. The second-order valence-electron chi connectivity index (χ2n) is 3.49. The van der Waals surface area contributed by atoms with E-state index in [4.69, 9.17) is 5.11 Å². The van der Waals surface area contributed by atoms with Crippen LogP contribution in [0.3, 0.4) is 0 Å². The zero-order valence-corrected chi connectivity index (χ0v) is 9.62. The fourth-order valence-electron chi connectivity index (χ4n) is 1.22. The Bertz CT molecular complexity index is 475. The quantitative estimate of drug-likeness (QED) is 0.576. The van der Waals surface area contributed by atoms with Crippen LogP contribution in [0.15, 0.2) is 18.2 Å². The van der Waals surface area contributed by atoms with E-state index in [9.17, 15) is 9.18 Å². The van der Waals surface area contributed by atoms with Crippen molar-refractivity contribution < 1.29 is 14.3 Å². The molecule has 0 heterocycles. The van der Waals surface area contributed by atoms with Gasteiger partial charge in [-0.3, -0.25) is 10.2 Å². The largest absolute Gasteiger partial charge is 0.384 e. The van der Waals surface area contributed by atoms with Gasteiger partial charge < -0.3 is 5.11 Å². The normalized spacial score (nSPS) is 9.71. The van der Waals surface area contributed by atoms with Crippen LogP contribution in [0, 0.1) is 17.7 Å². The molecule has 17 heavy (non-hydrogen) atoms. The maximum Gasteiger partial charge on any atom is 0.266 e. The summed E-state index contributed by atoms with van der Waals surface area (Å²) in [5.41, 5.74) is 3.05. The Kier molecular flexibility index (Phi) is 4.64. The smallest absolute Gasteiger partial charge is 0.266 e. The Labute approximate surface area is 99.0 Å². The zero-order chi connectivity index (χ0) is 12.8. The fourth-order valence-corrected chi connectivity index (χ4v) is 1.22. The van der Waals surface area contributed by atoms with Crippen LogP contribution in [-0.2, 0) is 0 Å². The Morgan fingerprint density at radius 3 is 2.82 bits per heavy atom. The van der Waals surface area contributed by atoms with Crippen molar-refractivity contribution in [1.29, 1.82) is 0 Å². The van der Waals surface area contributed by atoms with Crippen LogP contribution < -0.4 is 5.43 Å². The molecule has 0 fully saturated rings. The molecule has 2 N–H and O–H groups in total. The first-order valence-corrected chi connectivity index (χ1v) is 4.92. The van der Waals surface area contributed by atoms with Crippen LogP contribution in [-0.4, -0.2) is 36.7 Å². The first-order chi connectivity index (χ1) is 8.04. The van der Waals surface area contributed by atoms with E-state index in [1.807, 2.05) is 0 Å². The Morgan fingerprint density at radius 1 is 1.53 bits per heavy atom. The summed E-state index contributed by atoms with van der Waals surface area (Å²) in [6, 6.07) is 3.71. The second kappa shape index (κ2) is 5.99. The molecule has 1 rings (SSSR count). The summed E-state index contributed by atoms with van der Waals surface area (Å²) >= 11 is 0. The van der Waals surface area contributed by atoms with Crippen LogP contribution in [0.1, 0.15) is 15.9 Å². The van der Waals surface area contributed by atoms with Crippen molar-refractivity contribution in [3.8, 4) is 11.8 Å². The van der Waals surface area contributed by atoms with Gasteiger partial charge in [0, 0.05) is 19.7 Å². The van der Waals surface area contributed by atoms with E-state index in [1.54, 1.807) is 14.1 Å². The summed E-state index contributed by atoms with van der Waals surface area (Å²) in [5, 5.41) is 10.1. The molecule has 1 aromatic carbocycles. The lowest BCUT2D eigenvalue weighted by atomic mass is 10.1. The molecule has 5 heteroatoms. The van der Waals surface area contributed by atoms with Crippen LogP contribution in [0.25, 0.3) is 0 Å². The second-order valence-corrected chi connectivity index (χ2v) is 3.49. The van der Waals surface area contributed by atoms with Gasteiger partial charge in [-0.05, 0) is 18.2 Å². The minimum absolute atomic E-state index is 0.249. The molecule has 90 valence electrons. The number of carbonyl (C=O) groups excluding carboxylic acids is 1. The Balaban J connectivity index is 3.09. The van der Waals surface area contributed by atoms with E-state index in [-0.39, 0.29) is 23.6 Å². The fraction of sp³-hybridized carbons (Fsp3) is 0.250. The summed E-state index contributed by atoms with van der Waals surface area (Å²) in [5.74, 6) is 4.07. The number of rotatable bonds is 2. The van der Waals surface area contributed by atoms with E-state index in [0.29, 0.717) is 0 Å². The van der Waals surface area contributed by atoms with Crippen molar-refractivity contribution in [2.24, 2.45) is 0 Å². The average Bonchev–Trinajstić information content (AvgIpc) is 2.25. The molecule has 0 bridgehead atoms. The summed E-state index contributed by atoms with van der Waals surface area (Å²) in [4.78, 5) is 11.7. The number of nitrogens with one attached hydrogen (secondary N) is 1. The first kappa shape index (κ1) is 13.2. The van der Waals surface area contributed by atoms with Gasteiger partial charge in [0.15, 0.2) is 0 Å². The molecule has 0 saturated heterocycles. The molecule has 0 radical (unpaired) electrons. The Morgan fingerprint density at radius 2 is 2.24 bits per heavy atom. The number of amides is 1. The molecule has 0 spiro atoms. The van der Waals surface area contributed by atoms with Gasteiger partial charge in [-0.1, -0.05) is 11.8 Å². The van der Waals surface area contributed by atoms with E-state index in [0.717, 1.165) is 6.07 Å². The first-order valence-electron chi connectivity index (χ1n) is 4.92. The number of hydrogen-bond acceptors (Lipinski definition) is 3. The minimum Gasteiger partial charge on any atom is -0.384 e. The number of halogens is 1. The van der Waals surface area contributed by atoms with Crippen LogP contribution in [0.4, 0.5) is 4.39 Å².